The van der Waals surface area contributed by atoms with Crippen LogP contribution in [0.15, 0.2) is 47.5 Å². The third-order valence-electron chi connectivity index (χ3n) is 5.46. The fraction of sp³-hybridized carbons (Fsp3) is 0.292. The first-order chi connectivity index (χ1) is 14.3. The Hall–Kier alpha value is -3.41. The summed E-state index contributed by atoms with van der Waals surface area (Å²) in [5.74, 6) is 0.211. The normalized spacial score (nSPS) is 11.5. The van der Waals surface area contributed by atoms with Gasteiger partial charge >= 0.3 is 0 Å². The number of carbonyl (C=O) groups excluding carboxylic acids is 1. The summed E-state index contributed by atoms with van der Waals surface area (Å²) in [6.45, 7) is 10.5. The maximum absolute atomic E-state index is 12.8. The second kappa shape index (κ2) is 8.95. The minimum atomic E-state index is -0.203. The summed E-state index contributed by atoms with van der Waals surface area (Å²) in [6, 6.07) is 13.5. The molecule has 2 aromatic carbocycles. The lowest BCUT2D eigenvalue weighted by atomic mass is 10.1. The maximum Gasteiger partial charge on any atom is 0.257 e. The Kier molecular flexibility index (Phi) is 6.35. The predicted molar refractivity (Wildman–Crippen MR) is 122 cm³/mol. The van der Waals surface area contributed by atoms with Crippen LogP contribution < -0.4 is 10.6 Å². The Morgan fingerprint density at radius 1 is 1.03 bits per heavy atom. The standard InChI is InChI=1S/C24H29N5O/c1-15-10-12-20(13-11-15)23(30)27-24(26-22-9-7-8-16(2)17(22)3)25-14-21-18(4)28-29(6)19(21)5/h7-13H,14H2,1-6H3,(H2,25,26,27,30). The molecule has 0 spiro atoms. The number of nitrogens with one attached hydrogen (secondary N) is 2. The van der Waals surface area contributed by atoms with Gasteiger partial charge in [0, 0.05) is 29.6 Å². The van der Waals surface area contributed by atoms with Crippen molar-refractivity contribution >= 4 is 17.6 Å². The van der Waals surface area contributed by atoms with Crippen LogP contribution in [-0.4, -0.2) is 21.6 Å². The average Bonchev–Trinajstić information content (AvgIpc) is 2.95. The van der Waals surface area contributed by atoms with Crippen LogP contribution in [0.3, 0.4) is 0 Å². The third kappa shape index (κ3) is 4.76. The first kappa shape index (κ1) is 21.3. The number of carbonyl (C=O) groups is 1. The van der Waals surface area contributed by atoms with Gasteiger partial charge in [0.2, 0.25) is 5.96 Å². The van der Waals surface area contributed by atoms with E-state index in [4.69, 9.17) is 4.99 Å². The number of nitrogens with zero attached hydrogens (tertiary/aromatic N) is 3. The quantitative estimate of drug-likeness (QED) is 0.502. The number of hydrogen-bond acceptors (Lipinski definition) is 3. The van der Waals surface area contributed by atoms with Crippen LogP contribution in [0, 0.1) is 34.6 Å². The molecule has 2 N–H and O–H groups in total. The van der Waals surface area contributed by atoms with Crippen LogP contribution in [0.5, 0.6) is 0 Å². The number of aliphatic imine (C=N–C) groups is 1. The number of aromatic nitrogens is 2. The lowest BCUT2D eigenvalue weighted by Crippen LogP contribution is -2.36. The first-order valence-electron chi connectivity index (χ1n) is 10.0. The molecule has 6 heteroatoms. The Labute approximate surface area is 178 Å². The highest BCUT2D eigenvalue weighted by Gasteiger charge is 2.13. The van der Waals surface area contributed by atoms with E-state index in [1.54, 1.807) is 0 Å². The third-order valence-corrected chi connectivity index (χ3v) is 5.46. The van der Waals surface area contributed by atoms with Gasteiger partial charge in [-0.1, -0.05) is 29.8 Å². The molecule has 3 aromatic rings. The molecule has 0 aliphatic carbocycles. The number of rotatable bonds is 4. The predicted octanol–water partition coefficient (Wildman–Crippen LogP) is 4.36. The van der Waals surface area contributed by atoms with Gasteiger partial charge in [-0.25, -0.2) is 4.99 Å². The number of hydrogen-bond donors (Lipinski definition) is 2. The monoisotopic (exact) mass is 403 g/mol. The molecule has 0 aliphatic rings. The SMILES string of the molecule is Cc1ccc(C(=O)NC(=NCc2c(C)nn(C)c2C)Nc2cccc(C)c2C)cc1. The van der Waals surface area contributed by atoms with Gasteiger partial charge in [-0.05, 0) is 63.9 Å². The number of amides is 1. The van der Waals surface area contributed by atoms with E-state index < -0.39 is 0 Å². The van der Waals surface area contributed by atoms with Gasteiger partial charge in [-0.3, -0.25) is 14.8 Å². The Bertz CT molecular complexity index is 1090. The largest absolute Gasteiger partial charge is 0.326 e. The summed E-state index contributed by atoms with van der Waals surface area (Å²) < 4.78 is 1.85. The molecule has 3 rings (SSSR count). The summed E-state index contributed by atoms with van der Waals surface area (Å²) in [6.07, 6.45) is 0. The molecular formula is C24H29N5O. The fourth-order valence-corrected chi connectivity index (χ4v) is 3.21. The highest BCUT2D eigenvalue weighted by molar-refractivity contribution is 6.10. The molecule has 1 aromatic heterocycles. The van der Waals surface area contributed by atoms with Crippen LogP contribution >= 0.6 is 0 Å². The zero-order valence-electron chi connectivity index (χ0n) is 18.5. The average molecular weight is 404 g/mol. The zero-order valence-corrected chi connectivity index (χ0v) is 18.5. The molecule has 0 aliphatic heterocycles. The molecule has 0 saturated heterocycles. The Morgan fingerprint density at radius 3 is 2.37 bits per heavy atom. The number of benzene rings is 2. The zero-order chi connectivity index (χ0) is 21.8. The van der Waals surface area contributed by atoms with Crippen LogP contribution in [-0.2, 0) is 13.6 Å². The van der Waals surface area contributed by atoms with Crippen molar-refractivity contribution in [3.05, 3.63) is 81.7 Å². The van der Waals surface area contributed by atoms with Gasteiger partial charge in [0.1, 0.15) is 0 Å². The molecule has 0 bridgehead atoms. The van der Waals surface area contributed by atoms with Crippen molar-refractivity contribution in [1.29, 1.82) is 0 Å². The summed E-state index contributed by atoms with van der Waals surface area (Å²) in [5, 5.41) is 10.7. The molecule has 1 heterocycles. The number of aryl methyl sites for hydroxylation is 4. The van der Waals surface area contributed by atoms with E-state index in [-0.39, 0.29) is 5.91 Å². The molecular weight excluding hydrogens is 374 g/mol. The van der Waals surface area contributed by atoms with Gasteiger partial charge < -0.3 is 5.32 Å². The van der Waals surface area contributed by atoms with Crippen molar-refractivity contribution < 1.29 is 4.79 Å². The summed E-state index contributed by atoms with van der Waals surface area (Å²) in [5.41, 5.74) is 7.95. The Balaban J connectivity index is 1.90. The first-order valence-corrected chi connectivity index (χ1v) is 10.0. The van der Waals surface area contributed by atoms with Crippen LogP contribution in [0.25, 0.3) is 0 Å². The minimum absolute atomic E-state index is 0.203. The van der Waals surface area contributed by atoms with Crippen molar-refractivity contribution in [1.82, 2.24) is 15.1 Å². The van der Waals surface area contributed by atoms with E-state index in [0.717, 1.165) is 33.8 Å². The maximum atomic E-state index is 12.8. The fourth-order valence-electron chi connectivity index (χ4n) is 3.21. The lowest BCUT2D eigenvalue weighted by molar-refractivity contribution is 0.0977. The van der Waals surface area contributed by atoms with Gasteiger partial charge in [-0.2, -0.15) is 5.10 Å². The van der Waals surface area contributed by atoms with Crippen molar-refractivity contribution in [2.24, 2.45) is 12.0 Å². The topological polar surface area (TPSA) is 71.3 Å². The van der Waals surface area contributed by atoms with E-state index in [0.29, 0.717) is 18.1 Å². The van der Waals surface area contributed by atoms with Crippen molar-refractivity contribution in [2.75, 3.05) is 5.32 Å². The second-order valence-electron chi connectivity index (χ2n) is 7.63. The van der Waals surface area contributed by atoms with E-state index in [9.17, 15) is 4.79 Å². The summed E-state index contributed by atoms with van der Waals surface area (Å²) in [7, 11) is 1.92. The smallest absolute Gasteiger partial charge is 0.257 e. The van der Waals surface area contributed by atoms with E-state index in [1.807, 2.05) is 75.8 Å². The van der Waals surface area contributed by atoms with Gasteiger partial charge in [0.05, 0.1) is 12.2 Å². The van der Waals surface area contributed by atoms with Crippen LogP contribution in [0.2, 0.25) is 0 Å². The molecule has 0 fully saturated rings. The molecule has 0 atom stereocenters. The molecule has 30 heavy (non-hydrogen) atoms. The number of guanidine groups is 1. The van der Waals surface area contributed by atoms with Gasteiger partial charge in [0.25, 0.3) is 5.91 Å². The minimum Gasteiger partial charge on any atom is -0.326 e. The lowest BCUT2D eigenvalue weighted by Gasteiger charge is -2.15. The molecule has 6 nitrogen and oxygen atoms in total. The molecule has 0 saturated carbocycles. The highest BCUT2D eigenvalue weighted by Crippen LogP contribution is 2.18. The van der Waals surface area contributed by atoms with Crippen LogP contribution in [0.4, 0.5) is 5.69 Å². The summed E-state index contributed by atoms with van der Waals surface area (Å²) in [4.78, 5) is 17.5. The van der Waals surface area contributed by atoms with Crippen LogP contribution in [0.1, 0.15) is 44.0 Å². The van der Waals surface area contributed by atoms with Gasteiger partial charge in [0.15, 0.2) is 0 Å². The highest BCUT2D eigenvalue weighted by atomic mass is 16.1. The Morgan fingerprint density at radius 2 is 1.73 bits per heavy atom. The molecule has 0 unspecified atom stereocenters. The van der Waals surface area contributed by atoms with Crippen molar-refractivity contribution in [2.45, 2.75) is 41.2 Å². The molecule has 1 amide bonds. The van der Waals surface area contributed by atoms with Gasteiger partial charge in [-0.15, -0.1) is 0 Å². The van der Waals surface area contributed by atoms with Crippen molar-refractivity contribution in [3.63, 3.8) is 0 Å². The number of anilines is 1. The van der Waals surface area contributed by atoms with E-state index in [2.05, 4.69) is 28.7 Å². The molecule has 0 radical (unpaired) electrons. The molecule has 156 valence electrons. The second-order valence-corrected chi connectivity index (χ2v) is 7.63. The van der Waals surface area contributed by atoms with Crippen molar-refractivity contribution in [3.8, 4) is 0 Å². The van der Waals surface area contributed by atoms with E-state index in [1.165, 1.54) is 5.56 Å². The van der Waals surface area contributed by atoms with E-state index >= 15 is 0 Å². The summed E-state index contributed by atoms with van der Waals surface area (Å²) >= 11 is 0.